The van der Waals surface area contributed by atoms with E-state index in [-0.39, 0.29) is 5.91 Å². The molecule has 1 aromatic heterocycles. The van der Waals surface area contributed by atoms with Crippen molar-refractivity contribution in [1.82, 2.24) is 4.98 Å². The zero-order valence-corrected chi connectivity index (χ0v) is 14.6. The maximum Gasteiger partial charge on any atom is 0.237 e. The first kappa shape index (κ1) is 14.7. The van der Waals surface area contributed by atoms with Crippen molar-refractivity contribution in [3.05, 3.63) is 52.5 Å². The van der Waals surface area contributed by atoms with Crippen LogP contribution in [-0.2, 0) is 11.3 Å². The number of hydrogen-bond acceptors (Lipinski definition) is 4. The third-order valence-corrected chi connectivity index (χ3v) is 5.97. The van der Waals surface area contributed by atoms with Gasteiger partial charge in [-0.1, -0.05) is 12.1 Å². The Bertz CT molecular complexity index is 917. The number of rotatable bonds is 2. The van der Waals surface area contributed by atoms with Crippen LogP contribution in [0, 0.1) is 13.8 Å². The molecule has 0 N–H and O–H groups in total. The number of fused-ring (bicyclic) bond motifs is 2. The van der Waals surface area contributed by atoms with E-state index in [1.165, 1.54) is 20.7 Å². The molecule has 0 atom stereocenters. The molecule has 0 saturated carbocycles. The van der Waals surface area contributed by atoms with Gasteiger partial charge in [-0.3, -0.25) is 4.79 Å². The molecule has 1 amide bonds. The van der Waals surface area contributed by atoms with Gasteiger partial charge in [-0.25, -0.2) is 4.98 Å². The van der Waals surface area contributed by atoms with Gasteiger partial charge in [0.25, 0.3) is 0 Å². The van der Waals surface area contributed by atoms with E-state index in [9.17, 15) is 4.79 Å². The van der Waals surface area contributed by atoms with Gasteiger partial charge in [0.1, 0.15) is 5.01 Å². The van der Waals surface area contributed by atoms with Crippen molar-refractivity contribution in [1.29, 1.82) is 0 Å². The Balaban J connectivity index is 1.71. The zero-order chi connectivity index (χ0) is 16.0. The summed E-state index contributed by atoms with van der Waals surface area (Å²) < 4.78 is 1.18. The number of carbonyl (C=O) groups excluding carboxylic acids is 1. The molecule has 0 saturated heterocycles. The Morgan fingerprint density at radius 2 is 1.91 bits per heavy atom. The zero-order valence-electron chi connectivity index (χ0n) is 13.0. The number of nitrogens with zero attached hydrogens (tertiary/aromatic N) is 2. The molecule has 116 valence electrons. The second-order valence-electron chi connectivity index (χ2n) is 5.82. The number of benzene rings is 2. The third-order valence-electron chi connectivity index (χ3n) is 3.94. The normalized spacial score (nSPS) is 14.3. The number of aromatic nitrogens is 1. The van der Waals surface area contributed by atoms with Gasteiger partial charge in [0.2, 0.25) is 5.91 Å². The second kappa shape index (κ2) is 5.65. The van der Waals surface area contributed by atoms with Gasteiger partial charge in [-0.15, -0.1) is 23.1 Å². The highest BCUT2D eigenvalue weighted by Crippen LogP contribution is 2.37. The number of aryl methyl sites for hydroxylation is 2. The standard InChI is InChI=1S/C18H16N2OS2/c1-11-3-5-13-15(7-11)23-17(19-13)9-20-14-6-4-12(2)8-16(14)22-10-18(20)21/h3-8H,9-10H2,1-2H3. The molecule has 3 nitrogen and oxygen atoms in total. The summed E-state index contributed by atoms with van der Waals surface area (Å²) in [5, 5.41) is 0.984. The van der Waals surface area contributed by atoms with E-state index in [2.05, 4.69) is 44.2 Å². The topological polar surface area (TPSA) is 33.2 Å². The predicted octanol–water partition coefficient (Wildman–Crippen LogP) is 4.55. The van der Waals surface area contributed by atoms with Crippen LogP contribution in [0.3, 0.4) is 0 Å². The number of carbonyl (C=O) groups is 1. The van der Waals surface area contributed by atoms with E-state index < -0.39 is 0 Å². The molecule has 3 aromatic rings. The summed E-state index contributed by atoms with van der Waals surface area (Å²) in [4.78, 5) is 20.1. The van der Waals surface area contributed by atoms with Crippen LogP contribution >= 0.6 is 23.1 Å². The van der Waals surface area contributed by atoms with Crippen molar-refractivity contribution in [2.75, 3.05) is 10.7 Å². The first-order valence-electron chi connectivity index (χ1n) is 7.50. The molecule has 1 aliphatic rings. The van der Waals surface area contributed by atoms with Crippen LogP contribution in [0.25, 0.3) is 10.2 Å². The lowest BCUT2D eigenvalue weighted by Crippen LogP contribution is -2.34. The van der Waals surface area contributed by atoms with E-state index in [0.717, 1.165) is 16.2 Å². The molecule has 4 rings (SSSR count). The van der Waals surface area contributed by atoms with Crippen LogP contribution in [0.1, 0.15) is 16.1 Å². The summed E-state index contributed by atoms with van der Waals surface area (Å²) in [6, 6.07) is 12.5. The van der Waals surface area contributed by atoms with Crippen LogP contribution in [0.15, 0.2) is 41.3 Å². The fourth-order valence-corrected chi connectivity index (χ4v) is 4.85. The highest BCUT2D eigenvalue weighted by Gasteiger charge is 2.25. The Labute approximate surface area is 143 Å². The quantitative estimate of drug-likeness (QED) is 0.686. The van der Waals surface area contributed by atoms with Gasteiger partial charge in [0.05, 0.1) is 28.2 Å². The molecule has 0 unspecified atom stereocenters. The molecule has 0 bridgehead atoms. The van der Waals surface area contributed by atoms with E-state index in [1.54, 1.807) is 23.1 Å². The molecule has 0 fully saturated rings. The first-order chi connectivity index (χ1) is 11.1. The number of hydrogen-bond donors (Lipinski definition) is 0. The molecule has 5 heteroatoms. The Morgan fingerprint density at radius 1 is 1.13 bits per heavy atom. The number of thioether (sulfide) groups is 1. The SMILES string of the molecule is Cc1ccc2c(c1)SCC(=O)N2Cc1nc2ccc(C)cc2s1. The first-order valence-corrected chi connectivity index (χ1v) is 9.30. The lowest BCUT2D eigenvalue weighted by Gasteiger charge is -2.28. The molecule has 2 aromatic carbocycles. The van der Waals surface area contributed by atoms with Gasteiger partial charge in [-0.05, 0) is 49.2 Å². The predicted molar refractivity (Wildman–Crippen MR) is 97.5 cm³/mol. The second-order valence-corrected chi connectivity index (χ2v) is 7.95. The van der Waals surface area contributed by atoms with Crippen molar-refractivity contribution >= 4 is 44.9 Å². The lowest BCUT2D eigenvalue weighted by atomic mass is 10.2. The van der Waals surface area contributed by atoms with Gasteiger partial charge in [-0.2, -0.15) is 0 Å². The van der Waals surface area contributed by atoms with Crippen molar-refractivity contribution in [3.8, 4) is 0 Å². The van der Waals surface area contributed by atoms with Gasteiger partial charge >= 0.3 is 0 Å². The minimum atomic E-state index is 0.154. The Kier molecular flexibility index (Phi) is 3.62. The van der Waals surface area contributed by atoms with E-state index >= 15 is 0 Å². The summed E-state index contributed by atoms with van der Waals surface area (Å²) in [6.45, 7) is 4.72. The molecule has 23 heavy (non-hydrogen) atoms. The molecule has 0 radical (unpaired) electrons. The minimum Gasteiger partial charge on any atom is -0.304 e. The van der Waals surface area contributed by atoms with Crippen LogP contribution in [0.4, 0.5) is 5.69 Å². The van der Waals surface area contributed by atoms with Crippen LogP contribution in [0.2, 0.25) is 0 Å². The molecule has 1 aliphatic heterocycles. The van der Waals surface area contributed by atoms with Gasteiger partial charge in [0, 0.05) is 4.90 Å². The van der Waals surface area contributed by atoms with Gasteiger partial charge < -0.3 is 4.90 Å². The highest BCUT2D eigenvalue weighted by atomic mass is 32.2. The fourth-order valence-electron chi connectivity index (χ4n) is 2.77. The fraction of sp³-hybridized carbons (Fsp3) is 0.222. The summed E-state index contributed by atoms with van der Waals surface area (Å²) in [5.41, 5.74) is 4.48. The van der Waals surface area contributed by atoms with Crippen molar-refractivity contribution in [3.63, 3.8) is 0 Å². The van der Waals surface area contributed by atoms with E-state index in [0.29, 0.717) is 12.3 Å². The average molecular weight is 340 g/mol. The monoisotopic (exact) mass is 340 g/mol. The molecule has 0 spiro atoms. The Hall–Kier alpha value is -1.85. The molecular formula is C18H16N2OS2. The third kappa shape index (κ3) is 2.75. The van der Waals surface area contributed by atoms with Crippen molar-refractivity contribution in [2.24, 2.45) is 0 Å². The van der Waals surface area contributed by atoms with Crippen molar-refractivity contribution < 1.29 is 4.79 Å². The smallest absolute Gasteiger partial charge is 0.237 e. The number of amides is 1. The summed E-state index contributed by atoms with van der Waals surface area (Å²) >= 11 is 3.30. The van der Waals surface area contributed by atoms with Gasteiger partial charge in [0.15, 0.2) is 0 Å². The molecule has 0 aliphatic carbocycles. The number of thiazole rings is 1. The summed E-state index contributed by atoms with van der Waals surface area (Å²) in [6.07, 6.45) is 0. The van der Waals surface area contributed by atoms with Crippen LogP contribution in [0.5, 0.6) is 0 Å². The van der Waals surface area contributed by atoms with Crippen LogP contribution in [-0.4, -0.2) is 16.6 Å². The maximum atomic E-state index is 12.4. The highest BCUT2D eigenvalue weighted by molar-refractivity contribution is 8.00. The van der Waals surface area contributed by atoms with E-state index in [4.69, 9.17) is 4.98 Å². The van der Waals surface area contributed by atoms with Crippen LogP contribution < -0.4 is 4.90 Å². The minimum absolute atomic E-state index is 0.154. The summed E-state index contributed by atoms with van der Waals surface area (Å²) in [5.74, 6) is 0.655. The molecule has 2 heterocycles. The Morgan fingerprint density at radius 3 is 2.78 bits per heavy atom. The van der Waals surface area contributed by atoms with E-state index in [1.807, 2.05) is 11.0 Å². The summed E-state index contributed by atoms with van der Waals surface area (Å²) in [7, 11) is 0. The number of anilines is 1. The average Bonchev–Trinajstić information content (AvgIpc) is 2.91. The largest absolute Gasteiger partial charge is 0.304 e. The molecular weight excluding hydrogens is 324 g/mol. The lowest BCUT2D eigenvalue weighted by molar-refractivity contribution is -0.116. The maximum absolute atomic E-state index is 12.4. The van der Waals surface area contributed by atoms with Crippen molar-refractivity contribution in [2.45, 2.75) is 25.3 Å².